The molecule has 4 rings (SSSR count). The highest BCUT2D eigenvalue weighted by molar-refractivity contribution is 7.88. The second-order valence-electron chi connectivity index (χ2n) is 5.74. The molecule has 0 amide bonds. The van der Waals surface area contributed by atoms with Gasteiger partial charge in [0.15, 0.2) is 0 Å². The highest BCUT2D eigenvalue weighted by Gasteiger charge is 2.48. The van der Waals surface area contributed by atoms with Crippen molar-refractivity contribution in [1.82, 2.24) is 0 Å². The van der Waals surface area contributed by atoms with Gasteiger partial charge in [-0.2, -0.15) is 21.6 Å². The lowest BCUT2D eigenvalue weighted by molar-refractivity contribution is -0.0500. The molecule has 2 aromatic rings. The van der Waals surface area contributed by atoms with Crippen LogP contribution in [0.3, 0.4) is 0 Å². The molecule has 6 nitrogen and oxygen atoms in total. The minimum Gasteiger partial charge on any atom is -0.508 e. The molecule has 0 spiro atoms. The summed E-state index contributed by atoms with van der Waals surface area (Å²) in [4.78, 5) is 0. The van der Waals surface area contributed by atoms with Crippen molar-refractivity contribution < 1.29 is 40.4 Å². The molecule has 0 radical (unpaired) electrons. The van der Waals surface area contributed by atoms with Crippen molar-refractivity contribution in [2.75, 3.05) is 13.2 Å². The average molecular weight is 404 g/mol. The lowest BCUT2D eigenvalue weighted by Crippen LogP contribution is -2.28. The van der Waals surface area contributed by atoms with Crippen molar-refractivity contribution in [2.45, 2.75) is 18.3 Å². The Labute approximate surface area is 153 Å². The van der Waals surface area contributed by atoms with E-state index in [1.54, 1.807) is 12.1 Å². The molecule has 0 saturated heterocycles. The fourth-order valence-corrected chi connectivity index (χ4v) is 2.98. The molecule has 2 aromatic carbocycles. The molecule has 2 aliphatic heterocycles. The summed E-state index contributed by atoms with van der Waals surface area (Å²) in [7, 11) is -5.62. The Morgan fingerprint density at radius 3 is 2.07 bits per heavy atom. The largest absolute Gasteiger partial charge is 0.534 e. The number of alkyl halides is 3. The van der Waals surface area contributed by atoms with Crippen molar-refractivity contribution in [3.8, 4) is 23.0 Å². The van der Waals surface area contributed by atoms with Crippen LogP contribution in [-0.4, -0.2) is 32.2 Å². The van der Waals surface area contributed by atoms with Crippen LogP contribution in [0.5, 0.6) is 23.0 Å². The van der Waals surface area contributed by atoms with Gasteiger partial charge in [0.05, 0.1) is 13.2 Å². The molecule has 2 aliphatic rings. The number of phenols is 1. The summed E-state index contributed by atoms with van der Waals surface area (Å²) in [6, 6.07) is 9.01. The fourth-order valence-electron chi connectivity index (χ4n) is 2.53. The van der Waals surface area contributed by atoms with Crippen molar-refractivity contribution >= 4 is 10.1 Å². The molecule has 0 bridgehead atoms. The molecule has 1 N–H and O–H groups in total. The Hall–Kier alpha value is -2.62. The fraction of sp³-hybridized carbons (Fsp3) is 0.294. The van der Waals surface area contributed by atoms with Crippen LogP contribution in [0.15, 0.2) is 36.4 Å². The molecule has 146 valence electrons. The van der Waals surface area contributed by atoms with Gasteiger partial charge in [-0.15, -0.1) is 0 Å². The third-order valence-corrected chi connectivity index (χ3v) is 4.82. The Morgan fingerprint density at radius 1 is 0.926 bits per heavy atom. The Balaban J connectivity index is 0.000000177. The lowest BCUT2D eigenvalue weighted by atomic mass is 10.2. The van der Waals surface area contributed by atoms with Gasteiger partial charge in [0.2, 0.25) is 0 Å². The van der Waals surface area contributed by atoms with Gasteiger partial charge in [-0.3, -0.25) is 0 Å². The van der Waals surface area contributed by atoms with Crippen LogP contribution in [-0.2, 0) is 23.0 Å². The average Bonchev–Trinajstić information content (AvgIpc) is 3.21. The first-order valence-corrected chi connectivity index (χ1v) is 9.28. The number of fused-ring (bicyclic) bond motifs is 2. The van der Waals surface area contributed by atoms with Gasteiger partial charge in [-0.1, -0.05) is 12.1 Å². The number of hydrogen-bond donors (Lipinski definition) is 1. The van der Waals surface area contributed by atoms with Crippen molar-refractivity contribution in [3.05, 3.63) is 47.5 Å². The third-order valence-electron chi connectivity index (χ3n) is 3.84. The minimum absolute atomic E-state index is 0.278. The first kappa shape index (κ1) is 19.2. The molecule has 0 atom stereocenters. The van der Waals surface area contributed by atoms with Gasteiger partial charge >= 0.3 is 15.6 Å². The molecule has 0 fully saturated rings. The summed E-state index contributed by atoms with van der Waals surface area (Å²) >= 11 is 0. The topological polar surface area (TPSA) is 82.1 Å². The standard InChI is InChI=1S/C9H7F3O4S.C8H8O2/c10-9(11,12)17(13,14)16-7-2-1-6-3-4-15-8(6)5-7;9-7-2-1-6-3-4-10-8(6)5-7/h1-2,5H,3-4H2;1-2,5,9H,3-4H2. The summed E-state index contributed by atoms with van der Waals surface area (Å²) in [6.07, 6.45) is 1.61. The molecule has 0 saturated carbocycles. The number of halogens is 3. The SMILES string of the molecule is O=S(=O)(Oc1ccc2c(c1)OCC2)C(F)(F)F.Oc1ccc2c(c1)OCC2. The van der Waals surface area contributed by atoms with Crippen LogP contribution >= 0.6 is 0 Å². The molecule has 0 unspecified atom stereocenters. The summed E-state index contributed by atoms with van der Waals surface area (Å²) < 4.78 is 71.9. The molecular weight excluding hydrogens is 389 g/mol. The smallest absolute Gasteiger partial charge is 0.508 e. The normalized spacial score (nSPS) is 14.9. The van der Waals surface area contributed by atoms with E-state index in [0.717, 1.165) is 36.5 Å². The molecular formula is C17H15F3O6S. The van der Waals surface area contributed by atoms with E-state index in [1.165, 1.54) is 11.6 Å². The number of phenolic OH excluding ortho intramolecular Hbond substituents is 1. The molecule has 2 heterocycles. The van der Waals surface area contributed by atoms with Crippen LogP contribution in [0.2, 0.25) is 0 Å². The van der Waals surface area contributed by atoms with Gasteiger partial charge in [-0.25, -0.2) is 0 Å². The second-order valence-corrected chi connectivity index (χ2v) is 7.28. The Kier molecular flexibility index (Phi) is 5.09. The van der Waals surface area contributed by atoms with Gasteiger partial charge in [0.1, 0.15) is 23.0 Å². The number of aromatic hydroxyl groups is 1. The number of rotatable bonds is 2. The summed E-state index contributed by atoms with van der Waals surface area (Å²) in [5.41, 5.74) is -3.44. The predicted molar refractivity (Wildman–Crippen MR) is 88.5 cm³/mol. The van der Waals surface area contributed by atoms with Crippen molar-refractivity contribution in [1.29, 1.82) is 0 Å². The van der Waals surface area contributed by atoms with Crippen LogP contribution in [0.25, 0.3) is 0 Å². The number of benzene rings is 2. The molecule has 0 aromatic heterocycles. The van der Waals surface area contributed by atoms with Crippen molar-refractivity contribution in [3.63, 3.8) is 0 Å². The third kappa shape index (κ3) is 4.38. The highest BCUT2D eigenvalue weighted by Crippen LogP contribution is 2.32. The summed E-state index contributed by atoms with van der Waals surface area (Å²) in [6.45, 7) is 1.17. The first-order chi connectivity index (χ1) is 12.7. The van der Waals surface area contributed by atoms with Crippen LogP contribution in [0, 0.1) is 0 Å². The van der Waals surface area contributed by atoms with E-state index in [0.29, 0.717) is 18.8 Å². The lowest BCUT2D eigenvalue weighted by Gasteiger charge is -2.09. The monoisotopic (exact) mass is 404 g/mol. The van der Waals surface area contributed by atoms with Gasteiger partial charge in [-0.05, 0) is 23.3 Å². The highest BCUT2D eigenvalue weighted by atomic mass is 32.2. The Morgan fingerprint density at radius 2 is 1.48 bits per heavy atom. The maximum Gasteiger partial charge on any atom is 0.534 e. The zero-order valence-electron chi connectivity index (χ0n) is 13.8. The van der Waals surface area contributed by atoms with Crippen molar-refractivity contribution in [2.24, 2.45) is 0 Å². The van der Waals surface area contributed by atoms with E-state index >= 15 is 0 Å². The van der Waals surface area contributed by atoms with Gasteiger partial charge in [0, 0.05) is 25.0 Å². The van der Waals surface area contributed by atoms with Gasteiger partial charge in [0.25, 0.3) is 0 Å². The first-order valence-electron chi connectivity index (χ1n) is 7.87. The second kappa shape index (κ2) is 7.18. The van der Waals surface area contributed by atoms with Crippen LogP contribution < -0.4 is 13.7 Å². The van der Waals surface area contributed by atoms with E-state index in [1.807, 2.05) is 6.07 Å². The molecule has 27 heavy (non-hydrogen) atoms. The summed E-state index contributed by atoms with van der Waals surface area (Å²) in [5, 5.41) is 9.02. The predicted octanol–water partition coefficient (Wildman–Crippen LogP) is 3.18. The number of ether oxygens (including phenoxy) is 2. The van der Waals surface area contributed by atoms with Crippen LogP contribution in [0.4, 0.5) is 13.2 Å². The van der Waals surface area contributed by atoms with E-state index in [9.17, 15) is 21.6 Å². The quantitative estimate of drug-likeness (QED) is 0.612. The van der Waals surface area contributed by atoms with E-state index in [2.05, 4.69) is 4.18 Å². The zero-order chi connectivity index (χ0) is 19.7. The van der Waals surface area contributed by atoms with E-state index < -0.39 is 21.4 Å². The maximum absolute atomic E-state index is 12.0. The van der Waals surface area contributed by atoms with Crippen LogP contribution in [0.1, 0.15) is 11.1 Å². The minimum atomic E-state index is -5.62. The van der Waals surface area contributed by atoms with E-state index in [-0.39, 0.29) is 5.75 Å². The molecule has 10 heteroatoms. The molecule has 0 aliphatic carbocycles. The van der Waals surface area contributed by atoms with E-state index in [4.69, 9.17) is 14.6 Å². The Bertz CT molecular complexity index is 940. The van der Waals surface area contributed by atoms with Gasteiger partial charge < -0.3 is 18.8 Å². The maximum atomic E-state index is 12.0. The number of hydrogen-bond acceptors (Lipinski definition) is 6. The summed E-state index contributed by atoms with van der Waals surface area (Å²) in [5.74, 6) is 1.04. The zero-order valence-corrected chi connectivity index (χ0v) is 14.6.